The first-order valence-electron chi connectivity index (χ1n) is 16.5. The van der Waals surface area contributed by atoms with Crippen molar-refractivity contribution in [3.63, 3.8) is 0 Å². The average molecular weight is 619 g/mol. The number of benzene rings is 4. The summed E-state index contributed by atoms with van der Waals surface area (Å²) in [4.78, 5) is 24.8. The lowest BCUT2D eigenvalue weighted by Gasteiger charge is -2.40. The molecule has 0 amide bonds. The van der Waals surface area contributed by atoms with Crippen molar-refractivity contribution in [1.82, 2.24) is 0 Å². The smallest absolute Gasteiger partial charge is 0.343 e. The highest BCUT2D eigenvalue weighted by molar-refractivity contribution is 5.94. The van der Waals surface area contributed by atoms with E-state index in [2.05, 4.69) is 52.0 Å². The molecule has 0 radical (unpaired) electrons. The molecule has 1 unspecified atom stereocenters. The molecule has 4 aromatic carbocycles. The largest absolute Gasteiger partial charge is 0.490 e. The fourth-order valence-corrected chi connectivity index (χ4v) is 6.69. The quantitative estimate of drug-likeness (QED) is 0.101. The molecular weight excluding hydrogens is 572 g/mol. The minimum Gasteiger partial charge on any atom is -0.490 e. The third-order valence-electron chi connectivity index (χ3n) is 9.41. The van der Waals surface area contributed by atoms with E-state index in [1.165, 1.54) is 48.4 Å². The Morgan fingerprint density at radius 3 is 1.61 bits per heavy atom. The molecule has 5 nitrogen and oxygen atoms in total. The molecule has 0 spiro atoms. The lowest BCUT2D eigenvalue weighted by molar-refractivity contribution is 0.0732. The van der Waals surface area contributed by atoms with Crippen molar-refractivity contribution in [2.24, 2.45) is 0 Å². The summed E-state index contributed by atoms with van der Waals surface area (Å²) >= 11 is 0. The highest BCUT2D eigenvalue weighted by atomic mass is 16.5. The zero-order chi connectivity index (χ0) is 33.0. The second-order valence-corrected chi connectivity index (χ2v) is 13.0. The first-order chi connectivity index (χ1) is 22.0. The zero-order valence-corrected chi connectivity index (χ0v) is 28.3. The summed E-state index contributed by atoms with van der Waals surface area (Å²) in [5.41, 5.74) is 7.88. The van der Waals surface area contributed by atoms with Gasteiger partial charge in [0.05, 0.1) is 11.7 Å². The van der Waals surface area contributed by atoms with Gasteiger partial charge in [-0.1, -0.05) is 50.5 Å². The number of esters is 1. The Balaban J connectivity index is 1.37. The molecule has 5 rings (SSSR count). The van der Waals surface area contributed by atoms with Crippen LogP contribution in [0.15, 0.2) is 72.8 Å². The summed E-state index contributed by atoms with van der Waals surface area (Å²) in [6.45, 7) is 14.2. The lowest BCUT2D eigenvalue weighted by atomic mass is 9.64. The van der Waals surface area contributed by atoms with Crippen LogP contribution in [-0.2, 0) is 5.41 Å². The first kappa shape index (κ1) is 33.0. The number of rotatable bonds is 10. The van der Waals surface area contributed by atoms with Crippen molar-refractivity contribution in [3.05, 3.63) is 117 Å². The number of Topliss-reactive ketones (excluding diaryl/α,β-unsaturated/α-hetero) is 1. The molecule has 1 fully saturated rings. The molecule has 5 heteroatoms. The van der Waals surface area contributed by atoms with Crippen LogP contribution < -0.4 is 14.2 Å². The van der Waals surface area contributed by atoms with Crippen molar-refractivity contribution in [1.29, 1.82) is 0 Å². The fraction of sp³-hybridized carbons (Fsp3) is 0.366. The summed E-state index contributed by atoms with van der Waals surface area (Å²) in [6.07, 6.45) is 6.94. The average Bonchev–Trinajstić information content (AvgIpc) is 3.05. The first-order valence-corrected chi connectivity index (χ1v) is 16.5. The molecule has 4 aromatic rings. The van der Waals surface area contributed by atoms with Crippen molar-refractivity contribution in [2.45, 2.75) is 98.5 Å². The lowest BCUT2D eigenvalue weighted by Crippen LogP contribution is -2.31. The topological polar surface area (TPSA) is 61.8 Å². The Kier molecular flexibility index (Phi) is 10.0. The minimum absolute atomic E-state index is 0.00546. The molecule has 0 aliphatic heterocycles. The van der Waals surface area contributed by atoms with Crippen LogP contribution in [0.2, 0.25) is 0 Å². The van der Waals surface area contributed by atoms with E-state index < -0.39 is 5.97 Å². The van der Waals surface area contributed by atoms with Gasteiger partial charge in [0.1, 0.15) is 23.0 Å². The Hall–Kier alpha value is -4.38. The summed E-state index contributed by atoms with van der Waals surface area (Å²) in [5, 5.41) is 0. The Morgan fingerprint density at radius 2 is 1.15 bits per heavy atom. The Labute approximate surface area is 273 Å². The number of carbonyl (C=O) groups is 2. The van der Waals surface area contributed by atoms with Gasteiger partial charge in [-0.2, -0.15) is 0 Å². The SMILES string of the molecule is CCC(C)Oc1c(C)cc(C2(c3cc(C)c(OC(=O)c4ccc(Oc5ccc(C(C)=O)cc5)cc4)c(C)c3)CCCCC2)cc1C. The van der Waals surface area contributed by atoms with Gasteiger partial charge < -0.3 is 14.2 Å². The maximum Gasteiger partial charge on any atom is 0.343 e. The van der Waals surface area contributed by atoms with Gasteiger partial charge in [0.25, 0.3) is 0 Å². The van der Waals surface area contributed by atoms with Gasteiger partial charge in [-0.3, -0.25) is 4.79 Å². The molecule has 0 heterocycles. The molecule has 46 heavy (non-hydrogen) atoms. The predicted octanol–water partition coefficient (Wildman–Crippen LogP) is 10.6. The monoisotopic (exact) mass is 618 g/mol. The number of ketones is 1. The molecule has 240 valence electrons. The highest BCUT2D eigenvalue weighted by Crippen LogP contribution is 2.48. The summed E-state index contributed by atoms with van der Waals surface area (Å²) in [6, 6.07) is 23.0. The van der Waals surface area contributed by atoms with E-state index in [9.17, 15) is 9.59 Å². The van der Waals surface area contributed by atoms with Gasteiger partial charge in [0.15, 0.2) is 5.78 Å². The molecule has 0 N–H and O–H groups in total. The normalized spacial score (nSPS) is 14.8. The maximum absolute atomic E-state index is 13.3. The highest BCUT2D eigenvalue weighted by Gasteiger charge is 2.37. The number of hydrogen-bond donors (Lipinski definition) is 0. The second kappa shape index (κ2) is 13.9. The molecule has 1 saturated carbocycles. The molecule has 0 aromatic heterocycles. The van der Waals surface area contributed by atoms with Crippen molar-refractivity contribution in [3.8, 4) is 23.0 Å². The Bertz CT molecular complexity index is 1660. The van der Waals surface area contributed by atoms with E-state index in [4.69, 9.17) is 14.2 Å². The van der Waals surface area contributed by atoms with Crippen LogP contribution in [0.25, 0.3) is 0 Å². The van der Waals surface area contributed by atoms with Gasteiger partial charge in [0.2, 0.25) is 0 Å². The Morgan fingerprint density at radius 1 is 0.696 bits per heavy atom. The maximum atomic E-state index is 13.3. The number of hydrogen-bond acceptors (Lipinski definition) is 5. The zero-order valence-electron chi connectivity index (χ0n) is 28.3. The van der Waals surface area contributed by atoms with Gasteiger partial charge in [0, 0.05) is 11.0 Å². The summed E-state index contributed by atoms with van der Waals surface area (Å²) < 4.78 is 18.2. The van der Waals surface area contributed by atoms with Crippen LogP contribution in [0.4, 0.5) is 0 Å². The third-order valence-corrected chi connectivity index (χ3v) is 9.41. The van der Waals surface area contributed by atoms with Crippen molar-refractivity contribution >= 4 is 11.8 Å². The van der Waals surface area contributed by atoms with Crippen LogP contribution in [0.1, 0.15) is 113 Å². The second-order valence-electron chi connectivity index (χ2n) is 13.0. The molecule has 1 aliphatic carbocycles. The summed E-state index contributed by atoms with van der Waals surface area (Å²) in [7, 11) is 0. The van der Waals surface area contributed by atoms with E-state index in [0.717, 1.165) is 36.1 Å². The van der Waals surface area contributed by atoms with E-state index in [0.29, 0.717) is 28.4 Å². The van der Waals surface area contributed by atoms with E-state index >= 15 is 0 Å². The van der Waals surface area contributed by atoms with Gasteiger partial charge in [-0.05, 0) is 143 Å². The minimum atomic E-state index is -0.410. The van der Waals surface area contributed by atoms with Crippen molar-refractivity contribution < 1.29 is 23.8 Å². The third kappa shape index (κ3) is 7.04. The number of carbonyl (C=O) groups excluding carboxylic acids is 2. The molecular formula is C41H46O5. The van der Waals surface area contributed by atoms with Gasteiger partial charge in [-0.15, -0.1) is 0 Å². The molecule has 1 aliphatic rings. The molecule has 1 atom stereocenters. The molecule has 0 saturated heterocycles. The fourth-order valence-electron chi connectivity index (χ4n) is 6.69. The van der Waals surface area contributed by atoms with Crippen molar-refractivity contribution in [2.75, 3.05) is 0 Å². The van der Waals surface area contributed by atoms with Crippen LogP contribution in [-0.4, -0.2) is 17.9 Å². The van der Waals surface area contributed by atoms with Crippen LogP contribution in [0.5, 0.6) is 23.0 Å². The summed E-state index contributed by atoms with van der Waals surface area (Å²) in [5.74, 6) is 2.41. The van der Waals surface area contributed by atoms with E-state index in [1.807, 2.05) is 13.8 Å². The van der Waals surface area contributed by atoms with E-state index in [-0.39, 0.29) is 17.3 Å². The standard InChI is InChI=1S/C41H46O5/c1-8-30(6)44-38-26(2)22-34(23-27(38)3)41(20-10-9-11-21-41)35-24-28(4)39(29(5)25-35)46-40(43)33-14-18-37(19-15-33)45-36-16-12-32(13-17-36)31(7)42/h12-19,22-25,30H,8-11,20-21H2,1-7H3. The van der Waals surface area contributed by atoms with E-state index in [1.54, 1.807) is 48.5 Å². The van der Waals surface area contributed by atoms with Crippen LogP contribution in [0, 0.1) is 27.7 Å². The van der Waals surface area contributed by atoms with Gasteiger partial charge >= 0.3 is 5.97 Å². The predicted molar refractivity (Wildman–Crippen MR) is 184 cm³/mol. The van der Waals surface area contributed by atoms with Gasteiger partial charge in [-0.25, -0.2) is 4.79 Å². The molecule has 0 bridgehead atoms. The van der Waals surface area contributed by atoms with Crippen LogP contribution in [0.3, 0.4) is 0 Å². The number of aryl methyl sites for hydroxylation is 4. The number of ether oxygens (including phenoxy) is 3. The van der Waals surface area contributed by atoms with Crippen LogP contribution >= 0.6 is 0 Å².